The Hall–Kier alpha value is -1.35. The normalized spacial score (nSPS) is 16.6. The largest absolute Gasteiger partial charge is 0.325 e. The predicted octanol–water partition coefficient (Wildman–Crippen LogP) is 2.65. The van der Waals surface area contributed by atoms with Gasteiger partial charge >= 0.3 is 0 Å². The second kappa shape index (κ2) is 3.91. The molecule has 0 unspecified atom stereocenters. The Morgan fingerprint density at radius 3 is 2.25 bits per heavy atom. The van der Waals surface area contributed by atoms with Gasteiger partial charge in [-0.05, 0) is 44.0 Å². The number of ketones is 1. The fraction of sp³-hybridized carbons (Fsp3) is 0.333. The van der Waals surface area contributed by atoms with Gasteiger partial charge in [0.2, 0.25) is 5.91 Å². The SMILES string of the molecule is CC(=O)C1(C(=O)Nc2ccc(Cl)cc2)CC1. The van der Waals surface area contributed by atoms with Crippen molar-refractivity contribution in [2.75, 3.05) is 5.32 Å². The molecule has 1 aliphatic carbocycles. The molecule has 0 aliphatic heterocycles. The summed E-state index contributed by atoms with van der Waals surface area (Å²) in [7, 11) is 0. The number of carbonyl (C=O) groups excluding carboxylic acids is 2. The van der Waals surface area contributed by atoms with Gasteiger partial charge in [0.1, 0.15) is 11.2 Å². The van der Waals surface area contributed by atoms with E-state index < -0.39 is 5.41 Å². The van der Waals surface area contributed by atoms with Gasteiger partial charge in [-0.25, -0.2) is 0 Å². The minimum Gasteiger partial charge on any atom is -0.325 e. The van der Waals surface area contributed by atoms with E-state index in [9.17, 15) is 9.59 Å². The highest BCUT2D eigenvalue weighted by molar-refractivity contribution is 6.30. The zero-order chi connectivity index (χ0) is 11.8. The van der Waals surface area contributed by atoms with Crippen LogP contribution in [0.15, 0.2) is 24.3 Å². The zero-order valence-electron chi connectivity index (χ0n) is 8.92. The Balaban J connectivity index is 2.08. The number of hydrogen-bond acceptors (Lipinski definition) is 2. The van der Waals surface area contributed by atoms with E-state index in [-0.39, 0.29) is 11.7 Å². The summed E-state index contributed by atoms with van der Waals surface area (Å²) >= 11 is 5.73. The summed E-state index contributed by atoms with van der Waals surface area (Å²) in [6.45, 7) is 1.47. The topological polar surface area (TPSA) is 46.2 Å². The minimum atomic E-state index is -0.764. The Bertz CT molecular complexity index is 435. The molecule has 0 heterocycles. The van der Waals surface area contributed by atoms with E-state index in [4.69, 9.17) is 11.6 Å². The molecule has 84 valence electrons. The van der Waals surface area contributed by atoms with E-state index in [1.807, 2.05) is 0 Å². The molecule has 4 heteroatoms. The second-order valence-corrected chi connectivity index (χ2v) is 4.54. The maximum atomic E-state index is 11.9. The van der Waals surface area contributed by atoms with Gasteiger partial charge in [-0.3, -0.25) is 9.59 Å². The number of anilines is 1. The first kappa shape index (κ1) is 11.1. The van der Waals surface area contributed by atoms with Crippen molar-refractivity contribution in [3.63, 3.8) is 0 Å². The smallest absolute Gasteiger partial charge is 0.238 e. The van der Waals surface area contributed by atoms with Crippen LogP contribution in [0.5, 0.6) is 0 Å². The number of carbonyl (C=O) groups is 2. The number of Topliss-reactive ketones (excluding diaryl/α,β-unsaturated/α-hetero) is 1. The lowest BCUT2D eigenvalue weighted by molar-refractivity contribution is -0.131. The van der Waals surface area contributed by atoms with Crippen molar-refractivity contribution >= 4 is 29.0 Å². The highest BCUT2D eigenvalue weighted by Gasteiger charge is 2.54. The number of nitrogens with one attached hydrogen (secondary N) is 1. The highest BCUT2D eigenvalue weighted by atomic mass is 35.5. The van der Waals surface area contributed by atoms with E-state index >= 15 is 0 Å². The Kier molecular flexibility index (Phi) is 2.72. The van der Waals surface area contributed by atoms with Gasteiger partial charge in [0.15, 0.2) is 0 Å². The molecule has 1 fully saturated rings. The standard InChI is InChI=1S/C12H12ClNO2/c1-8(15)12(6-7-12)11(16)14-10-4-2-9(13)3-5-10/h2-5H,6-7H2,1H3,(H,14,16). The van der Waals surface area contributed by atoms with Crippen molar-refractivity contribution in [3.8, 4) is 0 Å². The summed E-state index contributed by atoms with van der Waals surface area (Å²) in [5.41, 5.74) is -0.0958. The molecule has 0 atom stereocenters. The quantitative estimate of drug-likeness (QED) is 0.822. The fourth-order valence-electron chi connectivity index (χ4n) is 1.65. The monoisotopic (exact) mass is 237 g/mol. The van der Waals surface area contributed by atoms with Gasteiger partial charge in [0.05, 0.1) is 0 Å². The molecule has 1 amide bonds. The van der Waals surface area contributed by atoms with E-state index in [1.165, 1.54) is 6.92 Å². The Morgan fingerprint density at radius 2 is 1.81 bits per heavy atom. The Morgan fingerprint density at radius 1 is 1.25 bits per heavy atom. The summed E-state index contributed by atoms with van der Waals surface area (Å²) in [6.07, 6.45) is 1.31. The molecule has 1 saturated carbocycles. The lowest BCUT2D eigenvalue weighted by Crippen LogP contribution is -2.29. The summed E-state index contributed by atoms with van der Waals surface area (Å²) in [4.78, 5) is 23.2. The van der Waals surface area contributed by atoms with Gasteiger partial charge in [0.25, 0.3) is 0 Å². The third-order valence-corrected chi connectivity index (χ3v) is 3.21. The first-order chi connectivity index (χ1) is 7.54. The van der Waals surface area contributed by atoms with Gasteiger partial charge in [-0.2, -0.15) is 0 Å². The van der Waals surface area contributed by atoms with Gasteiger partial charge in [-0.15, -0.1) is 0 Å². The molecule has 3 nitrogen and oxygen atoms in total. The number of rotatable bonds is 3. The lowest BCUT2D eigenvalue weighted by Gasteiger charge is -2.11. The third-order valence-electron chi connectivity index (χ3n) is 2.96. The molecule has 16 heavy (non-hydrogen) atoms. The molecular weight excluding hydrogens is 226 g/mol. The summed E-state index contributed by atoms with van der Waals surface area (Å²) < 4.78 is 0. The van der Waals surface area contributed by atoms with Crippen LogP contribution in [0, 0.1) is 5.41 Å². The predicted molar refractivity (Wildman–Crippen MR) is 62.4 cm³/mol. The average molecular weight is 238 g/mol. The Labute approximate surface area is 98.8 Å². The molecule has 1 aromatic carbocycles. The van der Waals surface area contributed by atoms with Crippen molar-refractivity contribution in [1.29, 1.82) is 0 Å². The first-order valence-corrected chi connectivity index (χ1v) is 5.50. The van der Waals surface area contributed by atoms with Crippen molar-refractivity contribution in [2.45, 2.75) is 19.8 Å². The van der Waals surface area contributed by atoms with Crippen molar-refractivity contribution in [2.24, 2.45) is 5.41 Å². The zero-order valence-corrected chi connectivity index (χ0v) is 9.67. The van der Waals surface area contributed by atoms with E-state index in [0.29, 0.717) is 23.6 Å². The van der Waals surface area contributed by atoms with Crippen LogP contribution in [0.3, 0.4) is 0 Å². The second-order valence-electron chi connectivity index (χ2n) is 4.10. The molecule has 0 bridgehead atoms. The number of amides is 1. The molecule has 0 aromatic heterocycles. The molecule has 0 radical (unpaired) electrons. The van der Waals surface area contributed by atoms with Crippen LogP contribution < -0.4 is 5.32 Å². The molecule has 1 aliphatic rings. The van der Waals surface area contributed by atoms with Crippen molar-refractivity contribution in [3.05, 3.63) is 29.3 Å². The molecular formula is C12H12ClNO2. The third kappa shape index (κ3) is 1.95. The van der Waals surface area contributed by atoms with Crippen molar-refractivity contribution < 1.29 is 9.59 Å². The first-order valence-electron chi connectivity index (χ1n) is 5.13. The fourth-order valence-corrected chi connectivity index (χ4v) is 1.77. The lowest BCUT2D eigenvalue weighted by atomic mass is 10.0. The van der Waals surface area contributed by atoms with Gasteiger partial charge in [-0.1, -0.05) is 11.6 Å². The van der Waals surface area contributed by atoms with Crippen LogP contribution in [0.25, 0.3) is 0 Å². The number of hydrogen-bond donors (Lipinski definition) is 1. The highest BCUT2D eigenvalue weighted by Crippen LogP contribution is 2.47. The van der Waals surface area contributed by atoms with Crippen LogP contribution in [0.2, 0.25) is 5.02 Å². The van der Waals surface area contributed by atoms with Crippen LogP contribution in [0.4, 0.5) is 5.69 Å². The number of benzene rings is 1. The van der Waals surface area contributed by atoms with Crippen LogP contribution in [-0.2, 0) is 9.59 Å². The molecule has 1 aromatic rings. The molecule has 0 spiro atoms. The van der Waals surface area contributed by atoms with Crippen LogP contribution in [-0.4, -0.2) is 11.7 Å². The maximum absolute atomic E-state index is 11.9. The maximum Gasteiger partial charge on any atom is 0.238 e. The molecule has 1 N–H and O–H groups in total. The van der Waals surface area contributed by atoms with E-state index in [1.54, 1.807) is 24.3 Å². The van der Waals surface area contributed by atoms with E-state index in [0.717, 1.165) is 0 Å². The minimum absolute atomic E-state index is 0.0565. The molecule has 2 rings (SSSR count). The van der Waals surface area contributed by atoms with Gasteiger partial charge < -0.3 is 5.32 Å². The summed E-state index contributed by atoms with van der Waals surface area (Å²) in [6, 6.07) is 6.84. The van der Waals surface area contributed by atoms with E-state index in [2.05, 4.69) is 5.32 Å². The van der Waals surface area contributed by atoms with Gasteiger partial charge in [0, 0.05) is 10.7 Å². The average Bonchev–Trinajstić information content (AvgIpc) is 3.02. The number of halogens is 1. The van der Waals surface area contributed by atoms with Crippen molar-refractivity contribution in [1.82, 2.24) is 0 Å². The van der Waals surface area contributed by atoms with Crippen LogP contribution in [0.1, 0.15) is 19.8 Å². The summed E-state index contributed by atoms with van der Waals surface area (Å²) in [5.74, 6) is -0.263. The molecule has 0 saturated heterocycles. The summed E-state index contributed by atoms with van der Waals surface area (Å²) in [5, 5.41) is 3.35. The van der Waals surface area contributed by atoms with Crippen LogP contribution >= 0.6 is 11.6 Å².